The maximum Gasteiger partial charge on any atom is 0.248 e. The highest BCUT2D eigenvalue weighted by atomic mass is 32.1. The zero-order valence-electron chi connectivity index (χ0n) is 15.7. The van der Waals surface area contributed by atoms with Gasteiger partial charge in [-0.3, -0.25) is 14.8 Å². The van der Waals surface area contributed by atoms with Crippen molar-refractivity contribution in [2.75, 3.05) is 19.6 Å². The number of aryl methyl sites for hydroxylation is 1. The number of nitrogens with zero attached hydrogens (tertiary/aromatic N) is 2. The van der Waals surface area contributed by atoms with Crippen molar-refractivity contribution in [3.05, 3.63) is 16.1 Å². The Morgan fingerprint density at radius 3 is 2.74 bits per heavy atom. The van der Waals surface area contributed by atoms with Crippen LogP contribution in [-0.2, 0) is 16.0 Å². The Morgan fingerprint density at radius 1 is 1.41 bits per heavy atom. The number of likely N-dealkylation sites (tertiary alicyclic amines) is 1. The van der Waals surface area contributed by atoms with Crippen LogP contribution in [0, 0.1) is 11.3 Å². The zero-order valence-corrected chi connectivity index (χ0v) is 16.6. The molecular formula is C19H28N4O3S. The van der Waals surface area contributed by atoms with Crippen molar-refractivity contribution in [1.29, 1.82) is 0 Å². The number of carbonyl (C=O) groups excluding carboxylic acids is 2. The molecule has 0 bridgehead atoms. The Labute approximate surface area is 163 Å². The van der Waals surface area contributed by atoms with Crippen molar-refractivity contribution in [3.8, 4) is 0 Å². The first-order valence-electron chi connectivity index (χ1n) is 9.95. The first kappa shape index (κ1) is 18.8. The van der Waals surface area contributed by atoms with Gasteiger partial charge < -0.3 is 10.2 Å². The minimum atomic E-state index is -0.536. The molecule has 0 radical (unpaired) electrons. The van der Waals surface area contributed by atoms with E-state index in [4.69, 9.17) is 10.2 Å². The molecule has 2 aliphatic heterocycles. The van der Waals surface area contributed by atoms with E-state index < -0.39 is 17.9 Å². The van der Waals surface area contributed by atoms with Crippen molar-refractivity contribution in [1.82, 2.24) is 20.7 Å². The van der Waals surface area contributed by atoms with E-state index in [0.29, 0.717) is 25.4 Å². The molecule has 1 aromatic rings. The third-order valence-corrected chi connectivity index (χ3v) is 7.57. The molecular weight excluding hydrogens is 364 g/mol. The summed E-state index contributed by atoms with van der Waals surface area (Å²) in [5.41, 5.74) is 3.07. The summed E-state index contributed by atoms with van der Waals surface area (Å²) in [6, 6.07) is -0.536. The largest absolute Gasteiger partial charge is 0.341 e. The first-order chi connectivity index (χ1) is 13.0. The Balaban J connectivity index is 1.38. The van der Waals surface area contributed by atoms with Gasteiger partial charge in [-0.15, -0.1) is 11.3 Å². The smallest absolute Gasteiger partial charge is 0.248 e. The average Bonchev–Trinajstić information content (AvgIpc) is 3.28. The number of hydroxylamine groups is 1. The molecule has 3 fully saturated rings. The van der Waals surface area contributed by atoms with Crippen LogP contribution >= 0.6 is 11.3 Å². The van der Waals surface area contributed by atoms with Crippen LogP contribution in [0.1, 0.15) is 55.6 Å². The van der Waals surface area contributed by atoms with Crippen LogP contribution < -0.4 is 10.8 Å². The molecule has 7 nitrogen and oxygen atoms in total. The van der Waals surface area contributed by atoms with Gasteiger partial charge in [-0.05, 0) is 43.9 Å². The lowest BCUT2D eigenvalue weighted by Crippen LogP contribution is -2.59. The van der Waals surface area contributed by atoms with Crippen LogP contribution in [-0.4, -0.2) is 52.6 Å². The van der Waals surface area contributed by atoms with E-state index in [0.717, 1.165) is 44.3 Å². The lowest BCUT2D eigenvalue weighted by Gasteiger charge is -2.39. The van der Waals surface area contributed by atoms with Gasteiger partial charge in [0.25, 0.3) is 0 Å². The van der Waals surface area contributed by atoms with Crippen LogP contribution in [0.15, 0.2) is 5.38 Å². The second-order valence-corrected chi connectivity index (χ2v) is 9.17. The summed E-state index contributed by atoms with van der Waals surface area (Å²) in [5.74, 6) is -0.532. The fourth-order valence-electron chi connectivity index (χ4n) is 4.49. The molecule has 3 N–H and O–H groups in total. The summed E-state index contributed by atoms with van der Waals surface area (Å²) >= 11 is 1.72. The van der Waals surface area contributed by atoms with Crippen molar-refractivity contribution < 1.29 is 14.8 Å². The molecule has 4 rings (SSSR count). The van der Waals surface area contributed by atoms with Gasteiger partial charge in [0.15, 0.2) is 0 Å². The number of thiazole rings is 1. The highest BCUT2D eigenvalue weighted by molar-refractivity contribution is 7.09. The summed E-state index contributed by atoms with van der Waals surface area (Å²) in [4.78, 5) is 31.9. The zero-order chi connectivity index (χ0) is 19.0. The predicted molar refractivity (Wildman–Crippen MR) is 102 cm³/mol. The second kappa shape index (κ2) is 7.48. The normalized spacial score (nSPS) is 27.6. The van der Waals surface area contributed by atoms with Gasteiger partial charge in [0, 0.05) is 30.9 Å². The van der Waals surface area contributed by atoms with Crippen LogP contribution in [0.4, 0.5) is 0 Å². The quantitative estimate of drug-likeness (QED) is 0.535. The lowest BCUT2D eigenvalue weighted by atomic mass is 9.81. The fraction of sp³-hybridized carbons (Fsp3) is 0.737. The van der Waals surface area contributed by atoms with Gasteiger partial charge in [0.05, 0.1) is 22.7 Å². The molecule has 2 unspecified atom stereocenters. The van der Waals surface area contributed by atoms with Gasteiger partial charge in [0.2, 0.25) is 11.8 Å². The monoisotopic (exact) mass is 392 g/mol. The Morgan fingerprint density at radius 2 is 2.15 bits per heavy atom. The molecule has 148 valence electrons. The van der Waals surface area contributed by atoms with Crippen molar-refractivity contribution in [3.63, 3.8) is 0 Å². The average molecular weight is 393 g/mol. The van der Waals surface area contributed by atoms with Gasteiger partial charge >= 0.3 is 0 Å². The number of rotatable bonds is 4. The van der Waals surface area contributed by atoms with Crippen molar-refractivity contribution in [2.24, 2.45) is 11.3 Å². The first-order valence-corrected chi connectivity index (χ1v) is 10.8. The van der Waals surface area contributed by atoms with Gasteiger partial charge in [-0.1, -0.05) is 6.92 Å². The van der Waals surface area contributed by atoms with Crippen LogP contribution in [0.3, 0.4) is 0 Å². The molecule has 2 atom stereocenters. The minimum absolute atomic E-state index is 0.00839. The van der Waals surface area contributed by atoms with Gasteiger partial charge in [-0.2, -0.15) is 0 Å². The van der Waals surface area contributed by atoms with E-state index in [9.17, 15) is 9.59 Å². The van der Waals surface area contributed by atoms with Crippen LogP contribution in [0.5, 0.6) is 0 Å². The summed E-state index contributed by atoms with van der Waals surface area (Å²) in [5, 5.41) is 15.7. The summed E-state index contributed by atoms with van der Waals surface area (Å²) in [6.45, 7) is 4.29. The molecule has 8 heteroatoms. The van der Waals surface area contributed by atoms with Gasteiger partial charge in [0.1, 0.15) is 0 Å². The topological polar surface area (TPSA) is 94.6 Å². The number of carbonyl (C=O) groups is 2. The molecule has 3 heterocycles. The molecule has 3 aliphatic rings. The van der Waals surface area contributed by atoms with Crippen LogP contribution in [0.2, 0.25) is 0 Å². The minimum Gasteiger partial charge on any atom is -0.341 e. The molecule has 2 saturated heterocycles. The molecule has 0 aromatic carbocycles. The van der Waals surface area contributed by atoms with E-state index in [1.54, 1.807) is 16.8 Å². The number of aromatic nitrogens is 1. The number of nitrogens with one attached hydrogen (secondary N) is 2. The maximum atomic E-state index is 13.1. The van der Waals surface area contributed by atoms with Crippen molar-refractivity contribution in [2.45, 2.75) is 57.4 Å². The third kappa shape index (κ3) is 3.75. The molecule has 1 spiro atoms. The summed E-state index contributed by atoms with van der Waals surface area (Å²) in [7, 11) is 0. The van der Waals surface area contributed by atoms with E-state index in [1.807, 2.05) is 4.90 Å². The Kier molecular flexibility index (Phi) is 5.22. The van der Waals surface area contributed by atoms with E-state index >= 15 is 0 Å². The Bertz CT molecular complexity index is 710. The summed E-state index contributed by atoms with van der Waals surface area (Å²) < 4.78 is 0. The van der Waals surface area contributed by atoms with Crippen molar-refractivity contribution >= 4 is 23.2 Å². The molecule has 2 amide bonds. The number of hydrogen-bond acceptors (Lipinski definition) is 6. The number of piperidine rings is 2. The van der Waals surface area contributed by atoms with E-state index in [-0.39, 0.29) is 11.3 Å². The standard InChI is InChI=1S/C19H28N4O3S/c1-2-13-10-27-17(21-13)12-3-7-23(8-4-12)18(25)15-14(16(24)22-26)9-19(5-6-19)11-20-15/h10,12,14-15,20,26H,2-9,11H2,1H3,(H,22,24). The SMILES string of the molecule is CCc1csc(C2CCN(C(=O)C3NCC4(CC4)CC3C(=O)NO)CC2)n1. The van der Waals surface area contributed by atoms with Crippen LogP contribution in [0.25, 0.3) is 0 Å². The maximum absolute atomic E-state index is 13.1. The lowest BCUT2D eigenvalue weighted by molar-refractivity contribution is -0.145. The van der Waals surface area contributed by atoms with E-state index in [2.05, 4.69) is 17.6 Å². The highest BCUT2D eigenvalue weighted by Gasteiger charge is 2.52. The fourth-order valence-corrected chi connectivity index (χ4v) is 5.56. The summed E-state index contributed by atoms with van der Waals surface area (Å²) in [6.07, 6.45) is 5.64. The number of amides is 2. The number of hydrogen-bond donors (Lipinski definition) is 3. The predicted octanol–water partition coefficient (Wildman–Crippen LogP) is 1.68. The third-order valence-electron chi connectivity index (χ3n) is 6.51. The highest BCUT2D eigenvalue weighted by Crippen LogP contribution is 2.52. The van der Waals surface area contributed by atoms with Gasteiger partial charge in [-0.25, -0.2) is 10.5 Å². The molecule has 1 saturated carbocycles. The second-order valence-electron chi connectivity index (χ2n) is 8.28. The molecule has 1 aliphatic carbocycles. The molecule has 1 aromatic heterocycles. The molecule has 27 heavy (non-hydrogen) atoms. The Hall–Kier alpha value is -1.51. The van der Waals surface area contributed by atoms with E-state index in [1.165, 1.54) is 5.01 Å².